The van der Waals surface area contributed by atoms with Gasteiger partial charge in [0.25, 0.3) is 5.22 Å². The van der Waals surface area contributed by atoms with Gasteiger partial charge < -0.3 is 4.42 Å². The first-order chi connectivity index (χ1) is 9.81. The molecule has 1 heterocycles. The van der Waals surface area contributed by atoms with E-state index in [1.807, 2.05) is 36.4 Å². The third-order valence-electron chi connectivity index (χ3n) is 2.68. The monoisotopic (exact) mass is 302 g/mol. The highest BCUT2D eigenvalue weighted by atomic mass is 35.5. The number of halogens is 1. The molecule has 0 saturated heterocycles. The van der Waals surface area contributed by atoms with Crippen LogP contribution >= 0.6 is 23.4 Å². The van der Waals surface area contributed by atoms with Gasteiger partial charge in [-0.1, -0.05) is 59.8 Å². The van der Waals surface area contributed by atoms with Crippen LogP contribution in [0.15, 0.2) is 64.2 Å². The van der Waals surface area contributed by atoms with Gasteiger partial charge in [-0.05, 0) is 23.8 Å². The van der Waals surface area contributed by atoms with E-state index in [1.54, 1.807) is 6.07 Å². The third-order valence-corrected chi connectivity index (χ3v) is 3.81. The Hall–Kier alpha value is -1.78. The van der Waals surface area contributed by atoms with Crippen LogP contribution in [0, 0.1) is 0 Å². The second kappa shape index (κ2) is 6.11. The smallest absolute Gasteiger partial charge is 0.277 e. The fourth-order valence-corrected chi connectivity index (χ4v) is 2.63. The summed E-state index contributed by atoms with van der Waals surface area (Å²) < 4.78 is 5.63. The molecule has 0 radical (unpaired) electrons. The van der Waals surface area contributed by atoms with E-state index in [9.17, 15) is 0 Å². The number of rotatable bonds is 4. The Bertz CT molecular complexity index is 700. The van der Waals surface area contributed by atoms with E-state index in [2.05, 4.69) is 22.3 Å². The normalized spacial score (nSPS) is 10.7. The summed E-state index contributed by atoms with van der Waals surface area (Å²) in [6.45, 7) is 0. The largest absolute Gasteiger partial charge is 0.411 e. The standard InChI is InChI=1S/C15H11ClN2OS/c16-13-8-4-7-12(9-13)14-17-18-15(19-14)20-10-11-5-2-1-3-6-11/h1-9H,10H2. The summed E-state index contributed by atoms with van der Waals surface area (Å²) in [5, 5.41) is 9.30. The second-order valence-corrected chi connectivity index (χ2v) is 5.52. The quantitative estimate of drug-likeness (QED) is 0.656. The van der Waals surface area contributed by atoms with Gasteiger partial charge in [-0.2, -0.15) is 0 Å². The van der Waals surface area contributed by atoms with Gasteiger partial charge in [0.2, 0.25) is 5.89 Å². The Balaban J connectivity index is 1.71. The average molecular weight is 303 g/mol. The minimum absolute atomic E-state index is 0.489. The lowest BCUT2D eigenvalue weighted by atomic mass is 10.2. The van der Waals surface area contributed by atoms with Crippen molar-refractivity contribution in [1.82, 2.24) is 10.2 Å². The van der Waals surface area contributed by atoms with Gasteiger partial charge in [-0.15, -0.1) is 10.2 Å². The molecule has 1 aromatic heterocycles. The summed E-state index contributed by atoms with van der Waals surface area (Å²) >= 11 is 7.47. The lowest BCUT2D eigenvalue weighted by molar-refractivity contribution is 0.466. The van der Waals surface area contributed by atoms with Crippen LogP contribution in [0.2, 0.25) is 5.02 Å². The zero-order valence-electron chi connectivity index (χ0n) is 10.5. The van der Waals surface area contributed by atoms with Crippen molar-refractivity contribution < 1.29 is 4.42 Å². The first-order valence-electron chi connectivity index (χ1n) is 6.07. The fraction of sp³-hybridized carbons (Fsp3) is 0.0667. The molecule has 0 aliphatic heterocycles. The molecule has 3 rings (SSSR count). The highest BCUT2D eigenvalue weighted by Gasteiger charge is 2.09. The number of aromatic nitrogens is 2. The van der Waals surface area contributed by atoms with Crippen molar-refractivity contribution >= 4 is 23.4 Å². The number of thioether (sulfide) groups is 1. The number of hydrogen-bond donors (Lipinski definition) is 0. The van der Waals surface area contributed by atoms with Crippen LogP contribution in [0.5, 0.6) is 0 Å². The first-order valence-corrected chi connectivity index (χ1v) is 7.44. The van der Waals surface area contributed by atoms with Crippen molar-refractivity contribution in [3.8, 4) is 11.5 Å². The van der Waals surface area contributed by atoms with Crippen molar-refractivity contribution in [2.24, 2.45) is 0 Å². The van der Waals surface area contributed by atoms with E-state index >= 15 is 0 Å². The Labute approximate surface area is 126 Å². The molecule has 100 valence electrons. The van der Waals surface area contributed by atoms with E-state index in [-0.39, 0.29) is 0 Å². The molecule has 0 fully saturated rings. The van der Waals surface area contributed by atoms with Gasteiger partial charge in [-0.3, -0.25) is 0 Å². The molecule has 0 aliphatic carbocycles. The van der Waals surface area contributed by atoms with Crippen molar-refractivity contribution in [2.75, 3.05) is 0 Å². The van der Waals surface area contributed by atoms with Crippen LogP contribution in [-0.2, 0) is 5.75 Å². The van der Waals surface area contributed by atoms with Gasteiger partial charge in [-0.25, -0.2) is 0 Å². The molecule has 5 heteroatoms. The summed E-state index contributed by atoms with van der Waals surface area (Å²) in [7, 11) is 0. The van der Waals surface area contributed by atoms with Crippen molar-refractivity contribution in [2.45, 2.75) is 11.0 Å². The lowest BCUT2D eigenvalue weighted by Gasteiger charge is -1.97. The highest BCUT2D eigenvalue weighted by Crippen LogP contribution is 2.26. The minimum Gasteiger partial charge on any atom is -0.411 e. The van der Waals surface area contributed by atoms with E-state index < -0.39 is 0 Å². The molecule has 0 amide bonds. The van der Waals surface area contributed by atoms with Crippen LogP contribution in [0.25, 0.3) is 11.5 Å². The summed E-state index contributed by atoms with van der Waals surface area (Å²) in [6.07, 6.45) is 0. The summed E-state index contributed by atoms with van der Waals surface area (Å²) in [4.78, 5) is 0. The van der Waals surface area contributed by atoms with E-state index in [1.165, 1.54) is 17.3 Å². The van der Waals surface area contributed by atoms with Gasteiger partial charge >= 0.3 is 0 Å². The molecule has 0 spiro atoms. The summed E-state index contributed by atoms with van der Waals surface area (Å²) in [5.41, 5.74) is 2.05. The zero-order valence-corrected chi connectivity index (χ0v) is 12.1. The molecular weight excluding hydrogens is 292 g/mol. The topological polar surface area (TPSA) is 38.9 Å². The molecule has 20 heavy (non-hydrogen) atoms. The maximum atomic E-state index is 5.95. The molecule has 3 nitrogen and oxygen atoms in total. The van der Waals surface area contributed by atoms with Crippen molar-refractivity contribution in [1.29, 1.82) is 0 Å². The predicted molar refractivity (Wildman–Crippen MR) is 80.7 cm³/mol. The van der Waals surface area contributed by atoms with Gasteiger partial charge in [0.1, 0.15) is 0 Å². The summed E-state index contributed by atoms with van der Waals surface area (Å²) in [6, 6.07) is 17.5. The Morgan fingerprint density at radius 1 is 1.00 bits per heavy atom. The third kappa shape index (κ3) is 3.21. The number of benzene rings is 2. The summed E-state index contributed by atoms with van der Waals surface area (Å²) in [5.74, 6) is 1.29. The maximum absolute atomic E-state index is 5.95. The average Bonchev–Trinajstić information content (AvgIpc) is 2.95. The Morgan fingerprint density at radius 3 is 2.65 bits per heavy atom. The molecule has 0 bridgehead atoms. The van der Waals surface area contributed by atoms with Gasteiger partial charge in [0, 0.05) is 16.3 Å². The molecule has 2 aromatic carbocycles. The highest BCUT2D eigenvalue weighted by molar-refractivity contribution is 7.98. The number of nitrogens with zero attached hydrogens (tertiary/aromatic N) is 2. The zero-order chi connectivity index (χ0) is 13.8. The van der Waals surface area contributed by atoms with E-state index in [0.717, 1.165) is 11.3 Å². The van der Waals surface area contributed by atoms with Crippen LogP contribution in [0.1, 0.15) is 5.56 Å². The lowest BCUT2D eigenvalue weighted by Crippen LogP contribution is -1.79. The van der Waals surface area contributed by atoms with E-state index in [0.29, 0.717) is 16.1 Å². The van der Waals surface area contributed by atoms with Crippen LogP contribution in [-0.4, -0.2) is 10.2 Å². The Morgan fingerprint density at radius 2 is 1.85 bits per heavy atom. The molecule has 0 N–H and O–H groups in total. The molecule has 0 saturated carbocycles. The molecular formula is C15H11ClN2OS. The second-order valence-electron chi connectivity index (χ2n) is 4.16. The Kier molecular flexibility index (Phi) is 4.04. The van der Waals surface area contributed by atoms with E-state index in [4.69, 9.17) is 16.0 Å². The van der Waals surface area contributed by atoms with Crippen LogP contribution in [0.3, 0.4) is 0 Å². The van der Waals surface area contributed by atoms with Gasteiger partial charge in [0.15, 0.2) is 0 Å². The molecule has 0 aliphatic rings. The first kappa shape index (κ1) is 13.2. The molecule has 0 unspecified atom stereocenters. The maximum Gasteiger partial charge on any atom is 0.277 e. The predicted octanol–water partition coefficient (Wildman–Crippen LogP) is 4.68. The number of hydrogen-bond acceptors (Lipinski definition) is 4. The van der Waals surface area contributed by atoms with Crippen LogP contribution in [0.4, 0.5) is 0 Å². The fourth-order valence-electron chi connectivity index (χ4n) is 1.73. The minimum atomic E-state index is 0.489. The van der Waals surface area contributed by atoms with Crippen molar-refractivity contribution in [3.05, 3.63) is 65.2 Å². The SMILES string of the molecule is Clc1cccc(-c2nnc(SCc3ccccc3)o2)c1. The molecule has 0 atom stereocenters. The molecule has 3 aromatic rings. The van der Waals surface area contributed by atoms with Crippen molar-refractivity contribution in [3.63, 3.8) is 0 Å². The van der Waals surface area contributed by atoms with Crippen LogP contribution < -0.4 is 0 Å². The van der Waals surface area contributed by atoms with Gasteiger partial charge in [0.05, 0.1) is 0 Å².